The number of benzene rings is 1. The van der Waals surface area contributed by atoms with E-state index in [1.807, 2.05) is 30.3 Å². The van der Waals surface area contributed by atoms with Crippen LogP contribution in [0.2, 0.25) is 0 Å². The van der Waals surface area contributed by atoms with Gasteiger partial charge in [-0.1, -0.05) is 18.2 Å². The topological polar surface area (TPSA) is 72.5 Å². The van der Waals surface area contributed by atoms with E-state index in [4.69, 9.17) is 4.74 Å². The molecule has 0 aliphatic heterocycles. The summed E-state index contributed by atoms with van der Waals surface area (Å²) in [6.07, 6.45) is 1.90. The largest absolute Gasteiger partial charge is 0.455 e. The molecule has 6 heteroatoms. The molecule has 0 atom stereocenters. The lowest BCUT2D eigenvalue weighted by molar-refractivity contribution is -0.150. The first-order valence-electron chi connectivity index (χ1n) is 6.82. The maximum absolute atomic E-state index is 11.5. The molecule has 112 valence electrons. The van der Waals surface area contributed by atoms with Gasteiger partial charge in [0.25, 0.3) is 5.91 Å². The van der Waals surface area contributed by atoms with Crippen molar-refractivity contribution >= 4 is 29.5 Å². The predicted octanol–water partition coefficient (Wildman–Crippen LogP) is 1.76. The summed E-state index contributed by atoms with van der Waals surface area (Å²) in [5.74, 6) is -0.733. The first-order valence-corrected chi connectivity index (χ1v) is 7.81. The molecule has 1 aliphatic carbocycles. The minimum Gasteiger partial charge on any atom is -0.455 e. The molecule has 1 fully saturated rings. The number of hydrogen-bond donors (Lipinski definition) is 1. The molecule has 1 N–H and O–H groups in total. The van der Waals surface area contributed by atoms with Crippen LogP contribution in [0.4, 0.5) is 0 Å². The molecular formula is C15H17NO4S. The van der Waals surface area contributed by atoms with Gasteiger partial charge in [-0.25, -0.2) is 0 Å². The molecule has 1 aromatic carbocycles. The van der Waals surface area contributed by atoms with E-state index in [1.165, 1.54) is 0 Å². The highest BCUT2D eigenvalue weighted by atomic mass is 32.2. The third-order valence-corrected chi connectivity index (χ3v) is 3.89. The molecule has 2 amide bonds. The van der Waals surface area contributed by atoms with Gasteiger partial charge in [-0.05, 0) is 25.0 Å². The molecule has 0 saturated heterocycles. The zero-order chi connectivity index (χ0) is 15.1. The van der Waals surface area contributed by atoms with Crippen molar-refractivity contribution in [1.82, 2.24) is 5.32 Å². The number of carbonyl (C=O) groups excluding carboxylic acids is 3. The van der Waals surface area contributed by atoms with E-state index in [0.717, 1.165) is 17.7 Å². The third kappa shape index (κ3) is 5.99. The number of hydrogen-bond acceptors (Lipinski definition) is 5. The average molecular weight is 307 g/mol. The molecule has 1 saturated carbocycles. The van der Waals surface area contributed by atoms with Gasteiger partial charge in [0.1, 0.15) is 0 Å². The zero-order valence-electron chi connectivity index (χ0n) is 11.5. The van der Waals surface area contributed by atoms with Gasteiger partial charge >= 0.3 is 5.97 Å². The lowest BCUT2D eigenvalue weighted by Crippen LogP contribution is -2.34. The Hall–Kier alpha value is -1.82. The van der Waals surface area contributed by atoms with Crippen molar-refractivity contribution < 1.29 is 19.1 Å². The summed E-state index contributed by atoms with van der Waals surface area (Å²) in [5.41, 5.74) is 0. The quantitative estimate of drug-likeness (QED) is 0.614. The molecule has 0 radical (unpaired) electrons. The van der Waals surface area contributed by atoms with E-state index in [1.54, 1.807) is 11.8 Å². The summed E-state index contributed by atoms with van der Waals surface area (Å²) in [6, 6.07) is 9.72. The molecule has 2 rings (SSSR count). The van der Waals surface area contributed by atoms with E-state index in [0.29, 0.717) is 5.75 Å². The summed E-state index contributed by atoms with van der Waals surface area (Å²) >= 11 is 1.55. The van der Waals surface area contributed by atoms with Gasteiger partial charge in [0.05, 0.1) is 5.92 Å². The Morgan fingerprint density at radius 3 is 2.52 bits per heavy atom. The van der Waals surface area contributed by atoms with Crippen LogP contribution in [0.15, 0.2) is 35.2 Å². The summed E-state index contributed by atoms with van der Waals surface area (Å²) in [5, 5.41) is 2.21. The van der Waals surface area contributed by atoms with E-state index >= 15 is 0 Å². The highest BCUT2D eigenvalue weighted by Crippen LogP contribution is 2.29. The van der Waals surface area contributed by atoms with E-state index in [-0.39, 0.29) is 30.8 Å². The fourth-order valence-corrected chi connectivity index (χ4v) is 2.48. The molecule has 5 nitrogen and oxygen atoms in total. The number of thioether (sulfide) groups is 1. The summed E-state index contributed by atoms with van der Waals surface area (Å²) in [4.78, 5) is 35.3. The molecule has 0 spiro atoms. The van der Waals surface area contributed by atoms with Crippen LogP contribution in [0.3, 0.4) is 0 Å². The second kappa shape index (κ2) is 7.83. The van der Waals surface area contributed by atoms with Crippen LogP contribution in [-0.2, 0) is 19.1 Å². The SMILES string of the molecule is O=C(CCSc1ccccc1)NC(=O)COC(=O)C1CC1. The van der Waals surface area contributed by atoms with Crippen LogP contribution in [0.25, 0.3) is 0 Å². The van der Waals surface area contributed by atoms with Gasteiger partial charge < -0.3 is 4.74 Å². The van der Waals surface area contributed by atoms with Crippen molar-refractivity contribution in [1.29, 1.82) is 0 Å². The van der Waals surface area contributed by atoms with Gasteiger partial charge in [0.2, 0.25) is 5.91 Å². The fourth-order valence-electron chi connectivity index (χ4n) is 1.61. The van der Waals surface area contributed by atoms with Crippen LogP contribution >= 0.6 is 11.8 Å². The highest BCUT2D eigenvalue weighted by molar-refractivity contribution is 7.99. The Balaban J connectivity index is 1.57. The molecule has 21 heavy (non-hydrogen) atoms. The van der Waals surface area contributed by atoms with Crippen molar-refractivity contribution in [2.45, 2.75) is 24.2 Å². The van der Waals surface area contributed by atoms with E-state index in [2.05, 4.69) is 5.32 Å². The maximum atomic E-state index is 11.5. The second-order valence-electron chi connectivity index (χ2n) is 4.76. The van der Waals surface area contributed by atoms with E-state index < -0.39 is 5.91 Å². The smallest absolute Gasteiger partial charge is 0.309 e. The monoisotopic (exact) mass is 307 g/mol. The van der Waals surface area contributed by atoms with Crippen molar-refractivity contribution in [2.24, 2.45) is 5.92 Å². The first-order chi connectivity index (χ1) is 10.1. The Morgan fingerprint density at radius 1 is 1.14 bits per heavy atom. The summed E-state index contributed by atoms with van der Waals surface area (Å²) in [7, 11) is 0. The number of imide groups is 1. The van der Waals surface area contributed by atoms with Crippen LogP contribution in [0.1, 0.15) is 19.3 Å². The van der Waals surface area contributed by atoms with Gasteiger partial charge in [-0.2, -0.15) is 0 Å². The minimum absolute atomic E-state index is 0.0456. The Kier molecular flexibility index (Phi) is 5.80. The molecule has 0 bridgehead atoms. The van der Waals surface area contributed by atoms with Gasteiger partial charge in [-0.15, -0.1) is 11.8 Å². The number of rotatable bonds is 7. The van der Waals surface area contributed by atoms with Crippen LogP contribution < -0.4 is 5.32 Å². The Morgan fingerprint density at radius 2 is 1.86 bits per heavy atom. The van der Waals surface area contributed by atoms with Crippen molar-refractivity contribution in [3.05, 3.63) is 30.3 Å². The standard InChI is InChI=1S/C15H17NO4S/c17-13(8-9-21-12-4-2-1-3-5-12)16-14(18)10-20-15(19)11-6-7-11/h1-5,11H,6-10H2,(H,16,17,18). The molecule has 1 aromatic rings. The summed E-state index contributed by atoms with van der Waals surface area (Å²) < 4.78 is 4.79. The second-order valence-corrected chi connectivity index (χ2v) is 5.93. The lowest BCUT2D eigenvalue weighted by Gasteiger charge is -2.05. The molecular weight excluding hydrogens is 290 g/mol. The van der Waals surface area contributed by atoms with Crippen molar-refractivity contribution in [3.63, 3.8) is 0 Å². The molecule has 1 aliphatic rings. The van der Waals surface area contributed by atoms with Crippen LogP contribution in [-0.4, -0.2) is 30.1 Å². The van der Waals surface area contributed by atoms with Crippen LogP contribution in [0.5, 0.6) is 0 Å². The summed E-state index contributed by atoms with van der Waals surface area (Å²) in [6.45, 7) is -0.382. The average Bonchev–Trinajstić information content (AvgIpc) is 3.30. The highest BCUT2D eigenvalue weighted by Gasteiger charge is 2.31. The number of carbonyl (C=O) groups is 3. The Labute approximate surface area is 127 Å². The third-order valence-electron chi connectivity index (χ3n) is 2.88. The predicted molar refractivity (Wildman–Crippen MR) is 78.6 cm³/mol. The Bertz CT molecular complexity index is 514. The van der Waals surface area contributed by atoms with Crippen molar-refractivity contribution in [2.75, 3.05) is 12.4 Å². The normalized spacial score (nSPS) is 13.5. The fraction of sp³-hybridized carbons (Fsp3) is 0.400. The van der Waals surface area contributed by atoms with Crippen LogP contribution in [0, 0.1) is 5.92 Å². The lowest BCUT2D eigenvalue weighted by atomic mass is 10.4. The first kappa shape index (κ1) is 15.6. The van der Waals surface area contributed by atoms with Gasteiger partial charge in [-0.3, -0.25) is 19.7 Å². The van der Waals surface area contributed by atoms with Crippen molar-refractivity contribution in [3.8, 4) is 0 Å². The van der Waals surface area contributed by atoms with Gasteiger partial charge in [0.15, 0.2) is 6.61 Å². The number of esters is 1. The maximum Gasteiger partial charge on any atom is 0.309 e. The molecule has 0 aromatic heterocycles. The number of nitrogens with one attached hydrogen (secondary N) is 1. The van der Waals surface area contributed by atoms with E-state index in [9.17, 15) is 14.4 Å². The zero-order valence-corrected chi connectivity index (χ0v) is 12.4. The van der Waals surface area contributed by atoms with Gasteiger partial charge in [0, 0.05) is 17.1 Å². The molecule has 0 heterocycles. The molecule has 0 unspecified atom stereocenters. The minimum atomic E-state index is -0.571. The number of ether oxygens (including phenoxy) is 1. The number of amides is 2.